The van der Waals surface area contributed by atoms with Gasteiger partial charge in [0.05, 0.1) is 32.9 Å². The van der Waals surface area contributed by atoms with Gasteiger partial charge in [-0.05, 0) is 106 Å². The van der Waals surface area contributed by atoms with E-state index in [2.05, 4.69) is 0 Å². The van der Waals surface area contributed by atoms with Crippen LogP contribution in [0.3, 0.4) is 0 Å². The van der Waals surface area contributed by atoms with Crippen LogP contribution in [0.15, 0.2) is 155 Å². The van der Waals surface area contributed by atoms with E-state index in [0.29, 0.717) is 11.8 Å². The van der Waals surface area contributed by atoms with Crippen molar-refractivity contribution in [3.05, 3.63) is 145 Å². The van der Waals surface area contributed by atoms with Crippen LogP contribution in [0.2, 0.25) is 0 Å². The SMILES string of the molecule is [2H]c1c([2H])c([2H])c2c(c1[2H])Sc1c([2H])c([2H])c(-c3c([2H])c(-c4c([2H])c([2H])c5c([2H])c([2H])c6c([2H])c([2H])c([2H])c7c([2H])c([2H])c4c5c67)c([2H])c4c([2H])c([2H])c([2H])c([2H])c34)c3c([2H])c([2H])c([2H])c-2c13. The standard InChI is InChI=1S/C42H24S/c1-2-10-30-28(7-1)23-29(31-19-17-27-16-15-25-8-5-9-26-18-20-36(31)41(27)40(25)26)24-37(30)32-21-22-39-42-34(32)12-6-13-35(42)33-11-3-4-14-38(33)43-39/h1-24H/i1D,2D,3D,4D,5D,6D,7D,8D,9D,10D,11D,12D,13D,14D,15D,16D,17D,18D,19D,20D,21D,22D,23D,24D. The largest absolute Gasteiger partial charge is 0.0888 e. The fourth-order valence-corrected chi connectivity index (χ4v) is 6.64. The molecule has 1 aliphatic rings. The second-order valence-corrected chi connectivity index (χ2v) is 10.8. The minimum atomic E-state index is -0.934. The van der Waals surface area contributed by atoms with Crippen LogP contribution in [0.25, 0.3) is 87.2 Å². The monoisotopic (exact) mass is 584 g/mol. The van der Waals surface area contributed by atoms with Crippen molar-refractivity contribution in [3.8, 4) is 33.4 Å². The van der Waals surface area contributed by atoms with Crippen LogP contribution in [0.4, 0.5) is 0 Å². The van der Waals surface area contributed by atoms with E-state index in [0.717, 1.165) is 0 Å². The number of hydrogen-bond acceptors (Lipinski definition) is 1. The predicted octanol–water partition coefficient (Wildman–Crippen LogP) is 12.4. The van der Waals surface area contributed by atoms with Gasteiger partial charge in [0, 0.05) is 15.2 Å². The quantitative estimate of drug-likeness (QED) is 0.182. The Labute approximate surface area is 287 Å². The summed E-state index contributed by atoms with van der Waals surface area (Å²) < 4.78 is 217. The van der Waals surface area contributed by atoms with Crippen molar-refractivity contribution in [1.29, 1.82) is 0 Å². The molecule has 198 valence electrons. The maximum absolute atomic E-state index is 10.1. The molecule has 9 aromatic carbocycles. The molecule has 0 spiro atoms. The zero-order chi connectivity index (χ0) is 49.0. The first kappa shape index (κ1) is 10.3. The Morgan fingerprint density at radius 1 is 0.349 bits per heavy atom. The summed E-state index contributed by atoms with van der Waals surface area (Å²) >= 11 is 0.647. The molecule has 0 amide bonds. The maximum Gasteiger partial charge on any atom is 0.0636 e. The van der Waals surface area contributed by atoms with Crippen molar-refractivity contribution in [2.75, 3.05) is 0 Å². The first-order chi connectivity index (χ1) is 31.3. The van der Waals surface area contributed by atoms with Crippen LogP contribution >= 0.6 is 11.8 Å². The highest BCUT2D eigenvalue weighted by molar-refractivity contribution is 7.99. The van der Waals surface area contributed by atoms with Crippen molar-refractivity contribution in [3.63, 3.8) is 0 Å². The zero-order valence-electron chi connectivity index (χ0n) is 45.4. The van der Waals surface area contributed by atoms with Crippen molar-refractivity contribution < 1.29 is 32.9 Å². The van der Waals surface area contributed by atoms with Crippen molar-refractivity contribution in [1.82, 2.24) is 0 Å². The van der Waals surface area contributed by atoms with E-state index in [1.165, 1.54) is 0 Å². The highest BCUT2D eigenvalue weighted by Gasteiger charge is 2.21. The Hall–Kier alpha value is -5.11. The summed E-state index contributed by atoms with van der Waals surface area (Å²) in [7, 11) is 0. The number of fused-ring (bicyclic) bond motifs is 3. The average molecular weight is 585 g/mol. The molecule has 0 aromatic heterocycles. The molecule has 0 unspecified atom stereocenters. The average Bonchev–Trinajstić information content (AvgIpc) is 3.29. The lowest BCUT2D eigenvalue weighted by molar-refractivity contribution is 1.40. The fraction of sp³-hybridized carbons (Fsp3) is 0. The zero-order valence-corrected chi connectivity index (χ0v) is 22.2. The summed E-state index contributed by atoms with van der Waals surface area (Å²) in [5, 5.41) is -4.17. The highest BCUT2D eigenvalue weighted by Crippen LogP contribution is 2.50. The Kier molecular flexibility index (Phi) is 2.08. The normalized spacial score (nSPS) is 20.4. The molecule has 0 aliphatic carbocycles. The topological polar surface area (TPSA) is 0 Å². The second-order valence-electron chi connectivity index (χ2n) is 9.76. The van der Waals surface area contributed by atoms with E-state index in [1.807, 2.05) is 0 Å². The number of rotatable bonds is 2. The lowest BCUT2D eigenvalue weighted by atomic mass is 9.86. The molecule has 1 heteroatoms. The summed E-state index contributed by atoms with van der Waals surface area (Å²) in [6.07, 6.45) is 0. The van der Waals surface area contributed by atoms with Crippen LogP contribution in [-0.2, 0) is 0 Å². The molecule has 0 nitrogen and oxygen atoms in total. The van der Waals surface area contributed by atoms with Gasteiger partial charge in [0.2, 0.25) is 0 Å². The lowest BCUT2D eigenvalue weighted by Gasteiger charge is -2.22. The summed E-state index contributed by atoms with van der Waals surface area (Å²) in [5.41, 5.74) is -3.22. The van der Waals surface area contributed by atoms with Gasteiger partial charge in [-0.3, -0.25) is 0 Å². The molecule has 0 N–H and O–H groups in total. The molecular formula is C42H24S. The van der Waals surface area contributed by atoms with Gasteiger partial charge in [-0.1, -0.05) is 133 Å². The van der Waals surface area contributed by atoms with E-state index in [9.17, 15) is 12.3 Å². The van der Waals surface area contributed by atoms with E-state index in [4.69, 9.17) is 20.6 Å². The molecule has 0 saturated carbocycles. The molecule has 9 aromatic rings. The lowest BCUT2D eigenvalue weighted by Crippen LogP contribution is -1.94. The molecule has 0 bridgehead atoms. The molecule has 1 heterocycles. The van der Waals surface area contributed by atoms with Gasteiger partial charge in [0.15, 0.2) is 0 Å². The molecule has 43 heavy (non-hydrogen) atoms. The Bertz CT molecular complexity index is 3910. The fourth-order valence-electron chi connectivity index (χ4n) is 5.67. The van der Waals surface area contributed by atoms with Gasteiger partial charge in [0.1, 0.15) is 0 Å². The first-order valence-electron chi connectivity index (χ1n) is 24.9. The smallest absolute Gasteiger partial charge is 0.0636 e. The van der Waals surface area contributed by atoms with E-state index in [-0.39, 0.29) is 37.1 Å². The predicted molar refractivity (Wildman–Crippen MR) is 186 cm³/mol. The van der Waals surface area contributed by atoms with E-state index in [1.54, 1.807) is 0 Å². The second kappa shape index (κ2) is 8.70. The van der Waals surface area contributed by atoms with Gasteiger partial charge in [-0.2, -0.15) is 0 Å². The summed E-state index contributed by atoms with van der Waals surface area (Å²) in [6, 6.07) is -18.4. The minimum absolute atomic E-state index is 0.141. The van der Waals surface area contributed by atoms with E-state index < -0.39 is 205 Å². The third-order valence-corrected chi connectivity index (χ3v) is 8.53. The van der Waals surface area contributed by atoms with Gasteiger partial charge in [0.25, 0.3) is 0 Å². The molecule has 0 fully saturated rings. The van der Waals surface area contributed by atoms with Crippen molar-refractivity contribution in [2.24, 2.45) is 0 Å². The van der Waals surface area contributed by atoms with Crippen LogP contribution in [-0.4, -0.2) is 0 Å². The Morgan fingerprint density at radius 2 is 1.00 bits per heavy atom. The van der Waals surface area contributed by atoms with Gasteiger partial charge >= 0.3 is 0 Å². The Balaban J connectivity index is 1.51. The van der Waals surface area contributed by atoms with Gasteiger partial charge in [-0.25, -0.2) is 0 Å². The summed E-state index contributed by atoms with van der Waals surface area (Å²) in [5.74, 6) is 0. The van der Waals surface area contributed by atoms with Crippen LogP contribution in [0, 0.1) is 0 Å². The van der Waals surface area contributed by atoms with Crippen LogP contribution < -0.4 is 0 Å². The van der Waals surface area contributed by atoms with E-state index >= 15 is 0 Å². The van der Waals surface area contributed by atoms with Gasteiger partial charge < -0.3 is 0 Å². The highest BCUT2D eigenvalue weighted by atomic mass is 32.2. The molecular weight excluding hydrogens is 537 g/mol. The Morgan fingerprint density at radius 3 is 1.93 bits per heavy atom. The van der Waals surface area contributed by atoms with Crippen molar-refractivity contribution >= 4 is 65.6 Å². The number of benzene rings is 9. The number of hydrogen-bond donors (Lipinski definition) is 0. The summed E-state index contributed by atoms with van der Waals surface area (Å²) in [4.78, 5) is -0.314. The molecule has 0 atom stereocenters. The minimum Gasteiger partial charge on any atom is -0.0888 e. The van der Waals surface area contributed by atoms with Gasteiger partial charge in [-0.15, -0.1) is 0 Å². The maximum atomic E-state index is 10.1. The molecule has 0 radical (unpaired) electrons. The van der Waals surface area contributed by atoms with Crippen LogP contribution in [0.5, 0.6) is 0 Å². The molecule has 10 rings (SSSR count). The third-order valence-electron chi connectivity index (χ3n) is 7.51. The van der Waals surface area contributed by atoms with Crippen LogP contribution in [0.1, 0.15) is 32.9 Å². The third kappa shape index (κ3) is 3.29. The first-order valence-corrected chi connectivity index (χ1v) is 13.7. The summed E-state index contributed by atoms with van der Waals surface area (Å²) in [6.45, 7) is 0. The molecule has 1 aliphatic heterocycles. The van der Waals surface area contributed by atoms with Crippen molar-refractivity contribution in [2.45, 2.75) is 9.79 Å². The molecule has 0 saturated heterocycles.